The van der Waals surface area contributed by atoms with Crippen LogP contribution >= 0.6 is 11.6 Å². The summed E-state index contributed by atoms with van der Waals surface area (Å²) in [6.07, 6.45) is 0. The highest BCUT2D eigenvalue weighted by molar-refractivity contribution is 6.30. The van der Waals surface area contributed by atoms with E-state index in [1.165, 1.54) is 0 Å². The van der Waals surface area contributed by atoms with E-state index in [9.17, 15) is 0 Å². The Morgan fingerprint density at radius 1 is 0.875 bits per heavy atom. The van der Waals surface area contributed by atoms with Crippen LogP contribution in [-0.2, 0) is 0 Å². The monoisotopic (exact) mass is 346 g/mol. The number of halogens is 1. The number of benzene rings is 2. The van der Waals surface area contributed by atoms with Crippen molar-refractivity contribution in [3.63, 3.8) is 0 Å². The summed E-state index contributed by atoms with van der Waals surface area (Å²) in [4.78, 5) is 4.42. The summed E-state index contributed by atoms with van der Waals surface area (Å²) in [5.41, 5.74) is 1.37. The molecule has 1 heterocycles. The van der Waals surface area contributed by atoms with E-state index < -0.39 is 0 Å². The smallest absolute Gasteiger partial charge is 0.262 e. The molecule has 0 radical (unpaired) electrons. The van der Waals surface area contributed by atoms with Crippen LogP contribution in [0.5, 0.6) is 17.2 Å². The van der Waals surface area contributed by atoms with Gasteiger partial charge in [0.25, 0.3) is 5.89 Å². The van der Waals surface area contributed by atoms with Crippen molar-refractivity contribution in [1.29, 1.82) is 0 Å². The van der Waals surface area contributed by atoms with Crippen molar-refractivity contribution in [2.75, 3.05) is 21.3 Å². The molecule has 124 valence electrons. The van der Waals surface area contributed by atoms with Gasteiger partial charge in [0, 0.05) is 10.6 Å². The van der Waals surface area contributed by atoms with Crippen LogP contribution in [-0.4, -0.2) is 31.5 Å². The Morgan fingerprint density at radius 2 is 1.58 bits per heavy atom. The second kappa shape index (κ2) is 6.80. The summed E-state index contributed by atoms with van der Waals surface area (Å²) in [6.45, 7) is 0. The second-order valence-electron chi connectivity index (χ2n) is 4.84. The van der Waals surface area contributed by atoms with E-state index in [4.69, 9.17) is 30.3 Å². The van der Waals surface area contributed by atoms with Crippen molar-refractivity contribution < 1.29 is 18.7 Å². The van der Waals surface area contributed by atoms with Gasteiger partial charge in [0.1, 0.15) is 5.75 Å². The Balaban J connectivity index is 2.01. The average Bonchev–Trinajstić information content (AvgIpc) is 3.11. The SMILES string of the molecule is COc1ccc(-c2noc(-c3cc(Cl)ccc3OC)n2)cc1OC. The first-order valence-electron chi connectivity index (χ1n) is 7.06. The lowest BCUT2D eigenvalue weighted by atomic mass is 10.2. The Bertz CT molecular complexity index is 864. The Hall–Kier alpha value is -2.73. The lowest BCUT2D eigenvalue weighted by molar-refractivity contribution is 0.355. The topological polar surface area (TPSA) is 66.6 Å². The van der Waals surface area contributed by atoms with Crippen molar-refractivity contribution in [2.24, 2.45) is 0 Å². The van der Waals surface area contributed by atoms with Gasteiger partial charge in [-0.3, -0.25) is 0 Å². The van der Waals surface area contributed by atoms with Gasteiger partial charge >= 0.3 is 0 Å². The highest BCUT2D eigenvalue weighted by atomic mass is 35.5. The normalized spacial score (nSPS) is 10.5. The fourth-order valence-corrected chi connectivity index (χ4v) is 2.44. The summed E-state index contributed by atoms with van der Waals surface area (Å²) in [5, 5.41) is 4.57. The minimum absolute atomic E-state index is 0.319. The van der Waals surface area contributed by atoms with Crippen LogP contribution in [0.25, 0.3) is 22.8 Å². The van der Waals surface area contributed by atoms with E-state index in [0.717, 1.165) is 5.56 Å². The molecule has 0 bridgehead atoms. The predicted molar refractivity (Wildman–Crippen MR) is 89.8 cm³/mol. The molecule has 7 heteroatoms. The van der Waals surface area contributed by atoms with Crippen molar-refractivity contribution in [3.8, 4) is 40.1 Å². The zero-order valence-corrected chi connectivity index (χ0v) is 14.1. The fraction of sp³-hybridized carbons (Fsp3) is 0.176. The first-order valence-corrected chi connectivity index (χ1v) is 7.44. The van der Waals surface area contributed by atoms with E-state index >= 15 is 0 Å². The van der Waals surface area contributed by atoms with Gasteiger partial charge in [0.05, 0.1) is 26.9 Å². The molecule has 1 aromatic heterocycles. The second-order valence-corrected chi connectivity index (χ2v) is 5.27. The van der Waals surface area contributed by atoms with E-state index in [-0.39, 0.29) is 0 Å². The molecule has 3 aromatic rings. The summed E-state index contributed by atoms with van der Waals surface area (Å²) in [5.74, 6) is 2.55. The fourth-order valence-electron chi connectivity index (χ4n) is 2.27. The van der Waals surface area contributed by atoms with Crippen molar-refractivity contribution >= 4 is 11.6 Å². The van der Waals surface area contributed by atoms with Gasteiger partial charge in [-0.15, -0.1) is 0 Å². The van der Waals surface area contributed by atoms with Crippen LogP contribution in [0, 0.1) is 0 Å². The molecular formula is C17H15ClN2O4. The quantitative estimate of drug-likeness (QED) is 0.693. The molecule has 3 rings (SSSR count). The molecule has 0 aliphatic rings. The summed E-state index contributed by atoms with van der Waals surface area (Å²) < 4.78 is 21.2. The van der Waals surface area contributed by atoms with Crippen LogP contribution in [0.15, 0.2) is 40.9 Å². The molecule has 0 aliphatic carbocycles. The highest BCUT2D eigenvalue weighted by Gasteiger charge is 2.16. The zero-order chi connectivity index (χ0) is 17.1. The Morgan fingerprint density at radius 3 is 2.29 bits per heavy atom. The minimum Gasteiger partial charge on any atom is -0.496 e. The average molecular weight is 347 g/mol. The van der Waals surface area contributed by atoms with Crippen LogP contribution in [0.4, 0.5) is 0 Å². The number of hydrogen-bond acceptors (Lipinski definition) is 6. The van der Waals surface area contributed by atoms with Crippen LogP contribution in [0.2, 0.25) is 5.02 Å². The van der Waals surface area contributed by atoms with Gasteiger partial charge in [-0.25, -0.2) is 0 Å². The Labute approximate surface area is 143 Å². The van der Waals surface area contributed by atoms with Crippen molar-refractivity contribution in [1.82, 2.24) is 10.1 Å². The maximum absolute atomic E-state index is 6.04. The van der Waals surface area contributed by atoms with Crippen LogP contribution < -0.4 is 14.2 Å². The maximum Gasteiger partial charge on any atom is 0.262 e. The number of rotatable bonds is 5. The summed E-state index contributed by atoms with van der Waals surface area (Å²) >= 11 is 6.04. The molecule has 0 unspecified atom stereocenters. The van der Waals surface area contributed by atoms with Gasteiger partial charge in [0.15, 0.2) is 11.5 Å². The molecule has 0 saturated carbocycles. The minimum atomic E-state index is 0.319. The molecule has 6 nitrogen and oxygen atoms in total. The number of nitrogens with zero attached hydrogens (tertiary/aromatic N) is 2. The predicted octanol–water partition coefficient (Wildman–Crippen LogP) is 4.08. The number of methoxy groups -OCH3 is 3. The first-order chi connectivity index (χ1) is 11.7. The third kappa shape index (κ3) is 3.00. The van der Waals surface area contributed by atoms with Gasteiger partial charge in [0.2, 0.25) is 5.82 Å². The van der Waals surface area contributed by atoms with Gasteiger partial charge in [-0.05, 0) is 36.4 Å². The van der Waals surface area contributed by atoms with E-state index in [1.807, 2.05) is 6.07 Å². The third-order valence-electron chi connectivity index (χ3n) is 3.46. The third-order valence-corrected chi connectivity index (χ3v) is 3.69. The van der Waals surface area contributed by atoms with E-state index in [1.54, 1.807) is 51.7 Å². The summed E-state index contributed by atoms with van der Waals surface area (Å²) in [7, 11) is 4.72. The standard InChI is InChI=1S/C17H15ClN2O4/c1-21-13-7-5-11(18)9-12(13)17-19-16(20-24-17)10-4-6-14(22-2)15(8-10)23-3/h4-9H,1-3H3. The van der Waals surface area contributed by atoms with Crippen molar-refractivity contribution in [3.05, 3.63) is 41.4 Å². The molecule has 0 spiro atoms. The zero-order valence-electron chi connectivity index (χ0n) is 13.4. The van der Waals surface area contributed by atoms with Crippen molar-refractivity contribution in [2.45, 2.75) is 0 Å². The largest absolute Gasteiger partial charge is 0.496 e. The number of aromatic nitrogens is 2. The molecule has 0 fully saturated rings. The van der Waals surface area contributed by atoms with Crippen LogP contribution in [0.3, 0.4) is 0 Å². The lowest BCUT2D eigenvalue weighted by Gasteiger charge is -2.07. The molecule has 0 aliphatic heterocycles. The maximum atomic E-state index is 6.04. The molecule has 0 N–H and O–H groups in total. The van der Waals surface area contributed by atoms with Gasteiger partial charge in [-0.1, -0.05) is 16.8 Å². The van der Waals surface area contributed by atoms with Crippen LogP contribution in [0.1, 0.15) is 0 Å². The molecule has 24 heavy (non-hydrogen) atoms. The highest BCUT2D eigenvalue weighted by Crippen LogP contribution is 2.34. The molecular weight excluding hydrogens is 332 g/mol. The van der Waals surface area contributed by atoms with Gasteiger partial charge < -0.3 is 18.7 Å². The van der Waals surface area contributed by atoms with Gasteiger partial charge in [-0.2, -0.15) is 4.98 Å². The molecule has 0 saturated heterocycles. The van der Waals surface area contributed by atoms with E-state index in [0.29, 0.717) is 39.5 Å². The lowest BCUT2D eigenvalue weighted by Crippen LogP contribution is -1.91. The first kappa shape index (κ1) is 16.1. The molecule has 0 amide bonds. The Kier molecular flexibility index (Phi) is 4.57. The summed E-state index contributed by atoms with van der Waals surface area (Å²) in [6, 6.07) is 10.6. The molecule has 0 atom stereocenters. The molecule has 2 aromatic carbocycles. The number of ether oxygens (including phenoxy) is 3. The number of hydrogen-bond donors (Lipinski definition) is 0. The van der Waals surface area contributed by atoms with E-state index in [2.05, 4.69) is 10.1 Å².